The summed E-state index contributed by atoms with van der Waals surface area (Å²) in [5, 5.41) is 7.86. The molecule has 1 aliphatic rings. The van der Waals surface area contributed by atoms with Crippen LogP contribution >= 0.6 is 23.1 Å². The van der Waals surface area contributed by atoms with E-state index in [1.807, 2.05) is 32.9 Å². The predicted octanol–water partition coefficient (Wildman–Crippen LogP) is 5.51. The van der Waals surface area contributed by atoms with Crippen LogP contribution in [-0.2, 0) is 22.4 Å². The van der Waals surface area contributed by atoms with E-state index in [-0.39, 0.29) is 17.6 Å². The number of hydrogen-bond donors (Lipinski definition) is 2. The van der Waals surface area contributed by atoms with Gasteiger partial charge in [0.15, 0.2) is 0 Å². The average molecular weight is 469 g/mol. The van der Waals surface area contributed by atoms with Gasteiger partial charge >= 0.3 is 0 Å². The molecule has 0 saturated heterocycles. The number of carbonyl (C=O) groups is 2. The lowest BCUT2D eigenvalue weighted by Crippen LogP contribution is -2.15. The first-order valence-electron chi connectivity index (χ1n) is 11.0. The van der Waals surface area contributed by atoms with E-state index < -0.39 is 0 Å². The highest BCUT2D eigenvalue weighted by Crippen LogP contribution is 2.40. The van der Waals surface area contributed by atoms with Gasteiger partial charge in [-0.15, -0.1) is 11.3 Å². The first-order chi connectivity index (χ1) is 15.3. The van der Waals surface area contributed by atoms with Crippen LogP contribution in [-0.4, -0.2) is 27.5 Å². The Morgan fingerprint density at radius 1 is 1.19 bits per heavy atom. The zero-order valence-electron chi connectivity index (χ0n) is 18.9. The van der Waals surface area contributed by atoms with Gasteiger partial charge in [-0.25, -0.2) is 9.97 Å². The zero-order valence-corrected chi connectivity index (χ0v) is 20.5. The Morgan fingerprint density at radius 2 is 2.00 bits per heavy atom. The number of nitrogens with zero attached hydrogens (tertiary/aromatic N) is 2. The summed E-state index contributed by atoms with van der Waals surface area (Å²) in [6.45, 7) is 7.94. The highest BCUT2D eigenvalue weighted by molar-refractivity contribution is 8.00. The van der Waals surface area contributed by atoms with E-state index in [1.54, 1.807) is 17.4 Å². The molecular weight excluding hydrogens is 440 g/mol. The van der Waals surface area contributed by atoms with E-state index in [0.717, 1.165) is 45.2 Å². The topological polar surface area (TPSA) is 84.0 Å². The number of anilines is 2. The smallest absolute Gasteiger partial charge is 0.234 e. The molecule has 2 N–H and O–H groups in total. The molecule has 32 heavy (non-hydrogen) atoms. The lowest BCUT2D eigenvalue weighted by molar-refractivity contribution is -0.116. The van der Waals surface area contributed by atoms with Gasteiger partial charge in [-0.05, 0) is 62.3 Å². The number of aryl methyl sites for hydroxylation is 3. The van der Waals surface area contributed by atoms with Gasteiger partial charge < -0.3 is 10.6 Å². The van der Waals surface area contributed by atoms with Crippen molar-refractivity contribution in [3.05, 3.63) is 40.0 Å². The molecule has 0 unspecified atom stereocenters. The van der Waals surface area contributed by atoms with Crippen LogP contribution in [0.3, 0.4) is 0 Å². The number of aromatic nitrogens is 2. The van der Waals surface area contributed by atoms with E-state index in [4.69, 9.17) is 0 Å². The van der Waals surface area contributed by atoms with E-state index >= 15 is 0 Å². The SMILES string of the molecule is CCC(=O)Nc1cc(NC(=O)CSc2nc(C)nc3sc4c(c23)CC[C@H](C)C4)ccc1C. The van der Waals surface area contributed by atoms with Gasteiger partial charge in [0.25, 0.3) is 0 Å². The Hall–Kier alpha value is -2.45. The standard InChI is InChI=1S/C24H28N4O2S2/c1-5-20(29)28-18-11-16(8-7-14(18)3)27-21(30)12-31-23-22-17-9-6-13(2)10-19(17)32-24(22)26-15(4)25-23/h7-8,11,13H,5-6,9-10,12H2,1-4H3,(H,27,30)(H,28,29)/t13-/m0/s1. The van der Waals surface area contributed by atoms with E-state index in [9.17, 15) is 9.59 Å². The molecule has 2 amide bonds. The second kappa shape index (κ2) is 9.58. The van der Waals surface area contributed by atoms with Gasteiger partial charge in [-0.3, -0.25) is 9.59 Å². The summed E-state index contributed by atoms with van der Waals surface area (Å²) >= 11 is 3.24. The summed E-state index contributed by atoms with van der Waals surface area (Å²) < 4.78 is 0. The van der Waals surface area contributed by atoms with Crippen LogP contribution in [0.1, 0.15) is 48.5 Å². The lowest BCUT2D eigenvalue weighted by Gasteiger charge is -2.18. The lowest BCUT2D eigenvalue weighted by atomic mass is 9.89. The van der Waals surface area contributed by atoms with Crippen LogP contribution in [0.4, 0.5) is 11.4 Å². The van der Waals surface area contributed by atoms with E-state index in [0.29, 0.717) is 18.0 Å². The van der Waals surface area contributed by atoms with Gasteiger partial charge in [-0.1, -0.05) is 31.7 Å². The number of thiophene rings is 1. The van der Waals surface area contributed by atoms with E-state index in [1.165, 1.54) is 28.6 Å². The third kappa shape index (κ3) is 4.96. The first-order valence-corrected chi connectivity index (χ1v) is 12.8. The Kier molecular flexibility index (Phi) is 6.81. The third-order valence-corrected chi connectivity index (χ3v) is 7.81. The number of benzene rings is 1. The van der Waals surface area contributed by atoms with Gasteiger partial charge in [0.1, 0.15) is 15.7 Å². The summed E-state index contributed by atoms with van der Waals surface area (Å²) in [6.07, 6.45) is 3.74. The summed E-state index contributed by atoms with van der Waals surface area (Å²) in [6, 6.07) is 5.54. The van der Waals surface area contributed by atoms with Crippen LogP contribution in [0, 0.1) is 19.8 Å². The molecule has 8 heteroatoms. The number of nitrogens with one attached hydrogen (secondary N) is 2. The highest BCUT2D eigenvalue weighted by atomic mass is 32.2. The van der Waals surface area contributed by atoms with Crippen molar-refractivity contribution in [2.75, 3.05) is 16.4 Å². The van der Waals surface area contributed by atoms with Crippen LogP contribution < -0.4 is 10.6 Å². The molecule has 4 rings (SSSR count). The van der Waals surface area contributed by atoms with Crippen molar-refractivity contribution in [2.45, 2.75) is 58.4 Å². The maximum absolute atomic E-state index is 12.7. The third-order valence-electron chi connectivity index (χ3n) is 5.69. The van der Waals surface area contributed by atoms with Gasteiger partial charge in [-0.2, -0.15) is 0 Å². The molecule has 0 saturated carbocycles. The minimum atomic E-state index is -0.103. The Balaban J connectivity index is 1.49. The molecule has 1 aliphatic carbocycles. The Labute approximate surface area is 196 Å². The summed E-state index contributed by atoms with van der Waals surface area (Å²) in [5.41, 5.74) is 3.71. The Morgan fingerprint density at radius 3 is 2.78 bits per heavy atom. The quantitative estimate of drug-likeness (QED) is 0.368. The van der Waals surface area contributed by atoms with Crippen LogP contribution in [0.5, 0.6) is 0 Å². The van der Waals surface area contributed by atoms with Crippen LogP contribution in [0.25, 0.3) is 10.2 Å². The normalized spacial score (nSPS) is 15.4. The fourth-order valence-corrected chi connectivity index (χ4v) is 6.31. The first kappa shape index (κ1) is 22.7. The maximum Gasteiger partial charge on any atom is 0.234 e. The molecule has 0 bridgehead atoms. The van der Waals surface area contributed by atoms with Crippen molar-refractivity contribution in [1.29, 1.82) is 0 Å². The molecule has 1 aromatic carbocycles. The number of hydrogen-bond acceptors (Lipinski definition) is 6. The van der Waals surface area contributed by atoms with Crippen LogP contribution in [0.15, 0.2) is 23.2 Å². The zero-order chi connectivity index (χ0) is 22.8. The molecule has 168 valence electrons. The minimum absolute atomic E-state index is 0.0521. The Bertz CT molecular complexity index is 1190. The monoisotopic (exact) mass is 468 g/mol. The molecule has 0 radical (unpaired) electrons. The summed E-state index contributed by atoms with van der Waals surface area (Å²) in [7, 11) is 0. The molecule has 2 aromatic heterocycles. The second-order valence-electron chi connectivity index (χ2n) is 8.38. The van der Waals surface area contributed by atoms with Crippen molar-refractivity contribution >= 4 is 56.5 Å². The highest BCUT2D eigenvalue weighted by Gasteiger charge is 2.24. The minimum Gasteiger partial charge on any atom is -0.326 e. The maximum atomic E-state index is 12.7. The van der Waals surface area contributed by atoms with Gasteiger partial charge in [0, 0.05) is 28.1 Å². The average Bonchev–Trinajstić information content (AvgIpc) is 3.11. The van der Waals surface area contributed by atoms with Crippen LogP contribution in [0.2, 0.25) is 0 Å². The van der Waals surface area contributed by atoms with E-state index in [2.05, 4.69) is 27.5 Å². The molecule has 0 aliphatic heterocycles. The number of rotatable bonds is 6. The molecular formula is C24H28N4O2S2. The second-order valence-corrected chi connectivity index (χ2v) is 10.4. The molecule has 0 spiro atoms. The van der Waals surface area contributed by atoms with Gasteiger partial charge in [0.2, 0.25) is 11.8 Å². The largest absolute Gasteiger partial charge is 0.326 e. The fourth-order valence-electron chi connectivity index (χ4n) is 3.92. The summed E-state index contributed by atoms with van der Waals surface area (Å²) in [5.74, 6) is 1.55. The molecule has 0 fully saturated rings. The van der Waals surface area contributed by atoms with Crippen molar-refractivity contribution in [1.82, 2.24) is 9.97 Å². The predicted molar refractivity (Wildman–Crippen MR) is 133 cm³/mol. The van der Waals surface area contributed by atoms with Crippen molar-refractivity contribution in [3.8, 4) is 0 Å². The molecule has 3 aromatic rings. The van der Waals surface area contributed by atoms with Crippen molar-refractivity contribution in [3.63, 3.8) is 0 Å². The molecule has 6 nitrogen and oxygen atoms in total. The van der Waals surface area contributed by atoms with Crippen molar-refractivity contribution in [2.24, 2.45) is 5.92 Å². The fraction of sp³-hybridized carbons (Fsp3) is 0.417. The number of fused-ring (bicyclic) bond motifs is 3. The number of amides is 2. The van der Waals surface area contributed by atoms with Gasteiger partial charge in [0.05, 0.1) is 5.75 Å². The number of carbonyl (C=O) groups excluding carboxylic acids is 2. The number of thioether (sulfide) groups is 1. The summed E-state index contributed by atoms with van der Waals surface area (Å²) in [4.78, 5) is 36.2. The molecule has 2 heterocycles. The van der Waals surface area contributed by atoms with Crippen molar-refractivity contribution < 1.29 is 9.59 Å². The molecule has 1 atom stereocenters.